The lowest BCUT2D eigenvalue weighted by Crippen LogP contribution is -2.09. The lowest BCUT2D eigenvalue weighted by molar-refractivity contribution is 0.0515. The number of ether oxygens (including phenoxy) is 1. The number of carbonyl (C=O) groups excluding carboxylic acids is 1. The third kappa shape index (κ3) is 2.47. The van der Waals surface area contributed by atoms with Crippen LogP contribution in [0.5, 0.6) is 0 Å². The SMILES string of the molecule is CCOC(=O)c1cn2cc(-c3ccc(Br)cc3)nc2n1C. The van der Waals surface area contributed by atoms with Gasteiger partial charge in [0.25, 0.3) is 0 Å². The predicted molar refractivity (Wildman–Crippen MR) is 83.3 cm³/mol. The van der Waals surface area contributed by atoms with E-state index in [0.717, 1.165) is 15.7 Å². The summed E-state index contributed by atoms with van der Waals surface area (Å²) in [5, 5.41) is 0. The number of aryl methyl sites for hydroxylation is 1. The number of rotatable bonds is 3. The number of esters is 1. The highest BCUT2D eigenvalue weighted by Gasteiger charge is 2.16. The molecule has 2 heterocycles. The molecule has 3 rings (SSSR count). The summed E-state index contributed by atoms with van der Waals surface area (Å²) in [6.07, 6.45) is 3.64. The molecule has 0 saturated carbocycles. The smallest absolute Gasteiger partial charge is 0.356 e. The topological polar surface area (TPSA) is 48.5 Å². The van der Waals surface area contributed by atoms with Crippen molar-refractivity contribution in [3.63, 3.8) is 0 Å². The van der Waals surface area contributed by atoms with Crippen LogP contribution in [-0.2, 0) is 11.8 Å². The number of nitrogens with zero attached hydrogens (tertiary/aromatic N) is 3. The molecule has 0 aliphatic rings. The zero-order valence-electron chi connectivity index (χ0n) is 11.7. The van der Waals surface area contributed by atoms with Crippen LogP contribution in [0.1, 0.15) is 17.4 Å². The second-order valence-corrected chi connectivity index (χ2v) is 5.55. The van der Waals surface area contributed by atoms with Crippen LogP contribution >= 0.6 is 15.9 Å². The second-order valence-electron chi connectivity index (χ2n) is 4.63. The van der Waals surface area contributed by atoms with Crippen LogP contribution in [-0.4, -0.2) is 26.5 Å². The van der Waals surface area contributed by atoms with Gasteiger partial charge in [-0.05, 0) is 19.1 Å². The maximum absolute atomic E-state index is 11.8. The molecule has 0 aliphatic carbocycles. The lowest BCUT2D eigenvalue weighted by atomic mass is 10.2. The van der Waals surface area contributed by atoms with Crippen molar-refractivity contribution in [3.8, 4) is 11.3 Å². The molecule has 0 amide bonds. The van der Waals surface area contributed by atoms with Crippen molar-refractivity contribution in [2.75, 3.05) is 6.61 Å². The molecule has 108 valence electrons. The molecular weight excluding hydrogens is 334 g/mol. The van der Waals surface area contributed by atoms with Crippen molar-refractivity contribution in [2.24, 2.45) is 7.05 Å². The maximum atomic E-state index is 11.8. The normalized spacial score (nSPS) is 11.0. The molecule has 1 aromatic carbocycles. The maximum Gasteiger partial charge on any atom is 0.356 e. The van der Waals surface area contributed by atoms with E-state index in [4.69, 9.17) is 4.74 Å². The van der Waals surface area contributed by atoms with Crippen molar-refractivity contribution >= 4 is 27.7 Å². The van der Waals surface area contributed by atoms with E-state index in [1.807, 2.05) is 34.9 Å². The summed E-state index contributed by atoms with van der Waals surface area (Å²) in [6.45, 7) is 2.15. The monoisotopic (exact) mass is 347 g/mol. The number of carbonyl (C=O) groups is 1. The standard InChI is InChI=1S/C15H14BrN3O2/c1-3-21-14(20)13-9-19-8-12(17-15(19)18(13)2)10-4-6-11(16)7-5-10/h4-9H,3H2,1-2H3. The van der Waals surface area contributed by atoms with Gasteiger partial charge in [-0.25, -0.2) is 9.78 Å². The predicted octanol–water partition coefficient (Wildman–Crippen LogP) is 3.28. The van der Waals surface area contributed by atoms with Gasteiger partial charge in [0.15, 0.2) is 0 Å². The molecule has 0 fully saturated rings. The van der Waals surface area contributed by atoms with Crippen LogP contribution in [0.2, 0.25) is 0 Å². The summed E-state index contributed by atoms with van der Waals surface area (Å²) in [6, 6.07) is 7.95. The first-order valence-electron chi connectivity index (χ1n) is 6.57. The third-order valence-electron chi connectivity index (χ3n) is 3.26. The summed E-state index contributed by atoms with van der Waals surface area (Å²) in [5.41, 5.74) is 2.38. The summed E-state index contributed by atoms with van der Waals surface area (Å²) in [5.74, 6) is 0.367. The molecule has 0 radical (unpaired) electrons. The highest BCUT2D eigenvalue weighted by molar-refractivity contribution is 9.10. The van der Waals surface area contributed by atoms with Gasteiger partial charge >= 0.3 is 5.97 Å². The molecule has 0 spiro atoms. The number of fused-ring (bicyclic) bond motifs is 1. The quantitative estimate of drug-likeness (QED) is 0.683. The van der Waals surface area contributed by atoms with Gasteiger partial charge in [-0.1, -0.05) is 28.1 Å². The Morgan fingerprint density at radius 3 is 2.62 bits per heavy atom. The Balaban J connectivity index is 2.02. The summed E-state index contributed by atoms with van der Waals surface area (Å²) in [4.78, 5) is 16.4. The molecule has 0 atom stereocenters. The van der Waals surface area contributed by atoms with E-state index in [1.54, 1.807) is 24.7 Å². The second kappa shape index (κ2) is 5.37. The van der Waals surface area contributed by atoms with Gasteiger partial charge in [-0.3, -0.25) is 4.40 Å². The van der Waals surface area contributed by atoms with Crippen molar-refractivity contribution in [3.05, 3.63) is 46.8 Å². The van der Waals surface area contributed by atoms with Crippen molar-refractivity contribution in [2.45, 2.75) is 6.92 Å². The molecule has 0 aliphatic heterocycles. The van der Waals surface area contributed by atoms with Crippen LogP contribution in [0.4, 0.5) is 0 Å². The minimum atomic E-state index is -0.337. The van der Waals surface area contributed by atoms with Crippen LogP contribution < -0.4 is 0 Å². The number of hydrogen-bond donors (Lipinski definition) is 0. The van der Waals surface area contributed by atoms with E-state index in [9.17, 15) is 4.79 Å². The zero-order valence-corrected chi connectivity index (χ0v) is 13.3. The molecule has 0 bridgehead atoms. The summed E-state index contributed by atoms with van der Waals surface area (Å²) < 4.78 is 9.63. The molecule has 6 heteroatoms. The number of benzene rings is 1. The van der Waals surface area contributed by atoms with Crippen LogP contribution in [0, 0.1) is 0 Å². The minimum absolute atomic E-state index is 0.337. The van der Waals surface area contributed by atoms with Gasteiger partial charge in [-0.15, -0.1) is 0 Å². The Bertz CT molecular complexity index is 802. The molecule has 0 saturated heterocycles. The van der Waals surface area contributed by atoms with Crippen molar-refractivity contribution in [1.29, 1.82) is 0 Å². The Labute approximate surface area is 130 Å². The van der Waals surface area contributed by atoms with Crippen molar-refractivity contribution < 1.29 is 9.53 Å². The van der Waals surface area contributed by atoms with Crippen LogP contribution in [0.15, 0.2) is 41.1 Å². The fraction of sp³-hybridized carbons (Fsp3) is 0.200. The average Bonchev–Trinajstić information content (AvgIpc) is 3.00. The molecule has 2 aromatic heterocycles. The largest absolute Gasteiger partial charge is 0.461 e. The number of imidazole rings is 2. The Morgan fingerprint density at radius 2 is 2.00 bits per heavy atom. The van der Waals surface area contributed by atoms with Crippen LogP contribution in [0.25, 0.3) is 17.0 Å². The molecule has 0 N–H and O–H groups in total. The molecule has 0 unspecified atom stereocenters. The first-order valence-corrected chi connectivity index (χ1v) is 7.37. The van der Waals surface area contributed by atoms with Gasteiger partial charge in [0.1, 0.15) is 5.69 Å². The molecule has 21 heavy (non-hydrogen) atoms. The zero-order chi connectivity index (χ0) is 15.0. The van der Waals surface area contributed by atoms with Gasteiger partial charge in [-0.2, -0.15) is 0 Å². The van der Waals surface area contributed by atoms with Crippen molar-refractivity contribution in [1.82, 2.24) is 14.0 Å². The fourth-order valence-corrected chi connectivity index (χ4v) is 2.47. The highest BCUT2D eigenvalue weighted by Crippen LogP contribution is 2.22. The van der Waals surface area contributed by atoms with E-state index >= 15 is 0 Å². The van der Waals surface area contributed by atoms with E-state index in [0.29, 0.717) is 18.1 Å². The highest BCUT2D eigenvalue weighted by atomic mass is 79.9. The lowest BCUT2D eigenvalue weighted by Gasteiger charge is -2.01. The number of halogens is 1. The molecule has 3 aromatic rings. The van der Waals surface area contributed by atoms with Gasteiger partial charge in [0, 0.05) is 29.5 Å². The summed E-state index contributed by atoms with van der Waals surface area (Å²) >= 11 is 3.42. The van der Waals surface area contributed by atoms with E-state index in [2.05, 4.69) is 20.9 Å². The molecular formula is C15H14BrN3O2. The third-order valence-corrected chi connectivity index (χ3v) is 3.79. The Hall–Kier alpha value is -2.08. The van der Waals surface area contributed by atoms with Gasteiger partial charge < -0.3 is 9.30 Å². The van der Waals surface area contributed by atoms with Gasteiger partial charge in [0.2, 0.25) is 5.78 Å². The minimum Gasteiger partial charge on any atom is -0.461 e. The van der Waals surface area contributed by atoms with Crippen LogP contribution in [0.3, 0.4) is 0 Å². The fourth-order valence-electron chi connectivity index (χ4n) is 2.21. The van der Waals surface area contributed by atoms with E-state index in [-0.39, 0.29) is 5.97 Å². The Morgan fingerprint density at radius 1 is 1.29 bits per heavy atom. The van der Waals surface area contributed by atoms with E-state index < -0.39 is 0 Å². The Kier molecular flexibility index (Phi) is 3.55. The number of hydrogen-bond acceptors (Lipinski definition) is 3. The average molecular weight is 348 g/mol. The van der Waals surface area contributed by atoms with E-state index in [1.165, 1.54) is 0 Å². The number of aromatic nitrogens is 3. The first-order chi connectivity index (χ1) is 10.1. The first kappa shape index (κ1) is 13.9. The van der Waals surface area contributed by atoms with Gasteiger partial charge in [0.05, 0.1) is 12.3 Å². The molecule has 5 nitrogen and oxygen atoms in total. The summed E-state index contributed by atoms with van der Waals surface area (Å²) in [7, 11) is 1.81.